The number of hydrogen-bond acceptors (Lipinski definition) is 4. The lowest BCUT2D eigenvalue weighted by molar-refractivity contribution is -0.132. The van der Waals surface area contributed by atoms with Crippen LogP contribution < -0.4 is 5.32 Å². The molecule has 1 heterocycles. The fourth-order valence-electron chi connectivity index (χ4n) is 2.64. The lowest BCUT2D eigenvalue weighted by Gasteiger charge is -2.14. The number of rotatable bonds is 6. The van der Waals surface area contributed by atoms with Crippen LogP contribution in [-0.2, 0) is 16.1 Å². The van der Waals surface area contributed by atoms with Gasteiger partial charge in [-0.2, -0.15) is 0 Å². The summed E-state index contributed by atoms with van der Waals surface area (Å²) in [6.07, 6.45) is 1.58. The normalized spacial score (nSPS) is 15.7. The highest BCUT2D eigenvalue weighted by molar-refractivity contribution is 7.21. The van der Waals surface area contributed by atoms with Crippen molar-refractivity contribution in [3.63, 3.8) is 0 Å². The number of amides is 1. The largest absolute Gasteiger partial charge is 0.477 e. The van der Waals surface area contributed by atoms with Crippen molar-refractivity contribution in [1.29, 1.82) is 0 Å². The van der Waals surface area contributed by atoms with E-state index in [4.69, 9.17) is 4.74 Å². The molecule has 1 aliphatic carbocycles. The van der Waals surface area contributed by atoms with Crippen LogP contribution >= 0.6 is 11.3 Å². The van der Waals surface area contributed by atoms with E-state index < -0.39 is 12.1 Å². The van der Waals surface area contributed by atoms with E-state index in [2.05, 4.69) is 5.32 Å². The average molecular weight is 319 g/mol. The highest BCUT2D eigenvalue weighted by Gasteiger charge is 2.36. The first-order valence-corrected chi connectivity index (χ1v) is 7.97. The molecule has 5 nitrogen and oxygen atoms in total. The molecule has 1 atom stereocenters. The molecule has 2 N–H and O–H groups in total. The molecule has 1 unspecified atom stereocenters. The standard InChI is InChI=1S/C16H17NO4S/c1-21-13(9-6-7-9)15(18)17-8-11-10-4-2-3-5-12(10)22-14(11)16(19)20/h2-5,9,13H,6-8H2,1H3,(H,17,18)(H,19,20). The van der Waals surface area contributed by atoms with E-state index in [1.165, 1.54) is 18.4 Å². The zero-order valence-corrected chi connectivity index (χ0v) is 13.0. The van der Waals surface area contributed by atoms with Crippen molar-refractivity contribution in [1.82, 2.24) is 5.32 Å². The quantitative estimate of drug-likeness (QED) is 0.858. The summed E-state index contributed by atoms with van der Waals surface area (Å²) in [4.78, 5) is 23.9. The van der Waals surface area contributed by atoms with E-state index in [-0.39, 0.29) is 17.3 Å². The number of methoxy groups -OCH3 is 1. The summed E-state index contributed by atoms with van der Waals surface area (Å²) in [6.45, 7) is 0.205. The third-order valence-electron chi connectivity index (χ3n) is 3.89. The molecular weight excluding hydrogens is 302 g/mol. The number of fused-ring (bicyclic) bond motifs is 1. The van der Waals surface area contributed by atoms with E-state index in [0.717, 1.165) is 22.9 Å². The Labute approximate surface area is 131 Å². The van der Waals surface area contributed by atoms with Crippen LogP contribution in [-0.4, -0.2) is 30.2 Å². The Kier molecular flexibility index (Phi) is 4.13. The molecule has 1 saturated carbocycles. The van der Waals surface area contributed by atoms with Gasteiger partial charge >= 0.3 is 5.97 Å². The third kappa shape index (κ3) is 2.84. The van der Waals surface area contributed by atoms with Crippen molar-refractivity contribution in [2.45, 2.75) is 25.5 Å². The highest BCUT2D eigenvalue weighted by Crippen LogP contribution is 2.34. The molecule has 1 aliphatic rings. The van der Waals surface area contributed by atoms with Crippen LogP contribution in [0.1, 0.15) is 28.1 Å². The van der Waals surface area contributed by atoms with Crippen LogP contribution in [0.4, 0.5) is 0 Å². The van der Waals surface area contributed by atoms with Gasteiger partial charge in [0.1, 0.15) is 11.0 Å². The minimum absolute atomic E-state index is 0.170. The van der Waals surface area contributed by atoms with Gasteiger partial charge in [-0.15, -0.1) is 11.3 Å². The summed E-state index contributed by atoms with van der Waals surface area (Å²) < 4.78 is 6.16. The summed E-state index contributed by atoms with van der Waals surface area (Å²) in [6, 6.07) is 7.52. The second kappa shape index (κ2) is 6.06. The summed E-state index contributed by atoms with van der Waals surface area (Å²) in [5, 5.41) is 13.1. The van der Waals surface area contributed by atoms with Gasteiger partial charge in [-0.1, -0.05) is 18.2 Å². The molecule has 0 saturated heterocycles. The van der Waals surface area contributed by atoms with Crippen molar-refractivity contribution >= 4 is 33.3 Å². The number of nitrogens with one attached hydrogen (secondary N) is 1. The van der Waals surface area contributed by atoms with Gasteiger partial charge < -0.3 is 15.2 Å². The molecule has 22 heavy (non-hydrogen) atoms. The maximum absolute atomic E-state index is 12.2. The zero-order valence-electron chi connectivity index (χ0n) is 12.2. The number of carbonyl (C=O) groups excluding carboxylic acids is 1. The molecule has 0 bridgehead atoms. The predicted octanol–water partition coefficient (Wildman–Crippen LogP) is 2.64. The van der Waals surface area contributed by atoms with Crippen LogP contribution in [0.5, 0.6) is 0 Å². The Bertz CT molecular complexity index is 720. The van der Waals surface area contributed by atoms with Crippen LogP contribution in [0.25, 0.3) is 10.1 Å². The smallest absolute Gasteiger partial charge is 0.346 e. The van der Waals surface area contributed by atoms with Crippen molar-refractivity contribution in [3.05, 3.63) is 34.7 Å². The lowest BCUT2D eigenvalue weighted by atomic mass is 10.1. The molecule has 1 amide bonds. The molecule has 0 aliphatic heterocycles. The number of carboxylic acid groups (broad SMARTS) is 1. The fraction of sp³-hybridized carbons (Fsp3) is 0.375. The third-order valence-corrected chi connectivity index (χ3v) is 5.10. The molecule has 6 heteroatoms. The van der Waals surface area contributed by atoms with Gasteiger partial charge in [0, 0.05) is 23.9 Å². The van der Waals surface area contributed by atoms with Crippen molar-refractivity contribution in [2.24, 2.45) is 5.92 Å². The number of carbonyl (C=O) groups is 2. The summed E-state index contributed by atoms with van der Waals surface area (Å²) >= 11 is 1.23. The molecule has 1 fully saturated rings. The molecule has 1 aromatic carbocycles. The van der Waals surface area contributed by atoms with Crippen LogP contribution in [0.3, 0.4) is 0 Å². The maximum atomic E-state index is 12.2. The number of benzene rings is 1. The summed E-state index contributed by atoms with van der Waals surface area (Å²) in [5.74, 6) is -0.837. The highest BCUT2D eigenvalue weighted by atomic mass is 32.1. The van der Waals surface area contributed by atoms with E-state index in [0.29, 0.717) is 11.5 Å². The molecule has 2 aromatic rings. The average Bonchev–Trinajstić information content (AvgIpc) is 3.26. The monoisotopic (exact) mass is 319 g/mol. The zero-order chi connectivity index (χ0) is 15.7. The molecule has 3 rings (SSSR count). The first-order chi connectivity index (χ1) is 10.6. The van der Waals surface area contributed by atoms with Gasteiger partial charge in [0.25, 0.3) is 0 Å². The number of carboxylic acids is 1. The summed E-state index contributed by atoms with van der Waals surface area (Å²) in [7, 11) is 1.53. The van der Waals surface area contributed by atoms with Crippen LogP contribution in [0.2, 0.25) is 0 Å². The predicted molar refractivity (Wildman–Crippen MR) is 84.2 cm³/mol. The van der Waals surface area contributed by atoms with Gasteiger partial charge in [0.2, 0.25) is 5.91 Å². The number of thiophene rings is 1. The van der Waals surface area contributed by atoms with E-state index in [1.807, 2.05) is 24.3 Å². The topological polar surface area (TPSA) is 75.6 Å². The minimum atomic E-state index is -0.962. The SMILES string of the molecule is COC(C(=O)NCc1c(C(=O)O)sc2ccccc12)C1CC1. The molecule has 0 radical (unpaired) electrons. The lowest BCUT2D eigenvalue weighted by Crippen LogP contribution is -2.37. The Balaban J connectivity index is 1.82. The molecule has 0 spiro atoms. The number of ether oxygens (including phenoxy) is 1. The Morgan fingerprint density at radius 1 is 1.41 bits per heavy atom. The van der Waals surface area contributed by atoms with Crippen LogP contribution in [0, 0.1) is 5.92 Å². The second-order valence-corrected chi connectivity index (χ2v) is 6.47. The molecular formula is C16H17NO4S. The molecule has 116 valence electrons. The van der Waals surface area contributed by atoms with Gasteiger partial charge in [-0.3, -0.25) is 4.79 Å². The van der Waals surface area contributed by atoms with Gasteiger partial charge in [0.15, 0.2) is 0 Å². The van der Waals surface area contributed by atoms with Crippen molar-refractivity contribution in [3.8, 4) is 0 Å². The molecule has 1 aromatic heterocycles. The first-order valence-electron chi connectivity index (χ1n) is 7.16. The fourth-order valence-corrected chi connectivity index (χ4v) is 3.70. The second-order valence-electron chi connectivity index (χ2n) is 5.42. The number of hydrogen-bond donors (Lipinski definition) is 2. The summed E-state index contributed by atoms with van der Waals surface area (Å²) in [5.41, 5.74) is 0.659. The van der Waals surface area contributed by atoms with E-state index >= 15 is 0 Å². The van der Waals surface area contributed by atoms with Crippen LogP contribution in [0.15, 0.2) is 24.3 Å². The van der Waals surface area contributed by atoms with Gasteiger partial charge in [-0.05, 0) is 30.2 Å². The minimum Gasteiger partial charge on any atom is -0.477 e. The van der Waals surface area contributed by atoms with E-state index in [9.17, 15) is 14.7 Å². The maximum Gasteiger partial charge on any atom is 0.346 e. The Morgan fingerprint density at radius 2 is 2.14 bits per heavy atom. The number of aromatic carboxylic acids is 1. The van der Waals surface area contributed by atoms with E-state index in [1.54, 1.807) is 0 Å². The Morgan fingerprint density at radius 3 is 2.77 bits per heavy atom. The van der Waals surface area contributed by atoms with Crippen molar-refractivity contribution < 1.29 is 19.4 Å². The van der Waals surface area contributed by atoms with Gasteiger partial charge in [-0.25, -0.2) is 4.79 Å². The Hall–Kier alpha value is -1.92. The first kappa shape index (κ1) is 15.0. The van der Waals surface area contributed by atoms with Crippen molar-refractivity contribution in [2.75, 3.05) is 7.11 Å². The van der Waals surface area contributed by atoms with Gasteiger partial charge in [0.05, 0.1) is 0 Å².